The fourth-order valence-electron chi connectivity index (χ4n) is 3.80. The van der Waals surface area contributed by atoms with Gasteiger partial charge in [-0.25, -0.2) is 0 Å². The third-order valence-corrected chi connectivity index (χ3v) is 5.11. The molecular formula is C22H29Cl2F3N2O. The first-order valence-corrected chi connectivity index (χ1v) is 9.63. The molecule has 0 aliphatic carbocycles. The lowest BCUT2D eigenvalue weighted by Gasteiger charge is -2.36. The molecule has 1 atom stereocenters. The maximum atomic E-state index is 13.3. The van der Waals surface area contributed by atoms with Gasteiger partial charge < -0.3 is 10.1 Å². The number of nitrogens with one attached hydrogen (secondary N) is 1. The summed E-state index contributed by atoms with van der Waals surface area (Å²) in [6.07, 6.45) is -5.05. The Kier molecular flexibility index (Phi) is 10.4. The molecule has 1 aliphatic heterocycles. The molecule has 8 heteroatoms. The molecule has 0 aromatic heterocycles. The van der Waals surface area contributed by atoms with Crippen molar-refractivity contribution in [3.8, 4) is 5.75 Å². The van der Waals surface area contributed by atoms with E-state index in [-0.39, 0.29) is 24.8 Å². The lowest BCUT2D eigenvalue weighted by atomic mass is 9.96. The van der Waals surface area contributed by atoms with Gasteiger partial charge in [0.05, 0.1) is 6.42 Å². The van der Waals surface area contributed by atoms with Gasteiger partial charge in [-0.1, -0.05) is 42.5 Å². The Morgan fingerprint density at radius 3 is 2.10 bits per heavy atom. The third-order valence-electron chi connectivity index (χ3n) is 5.11. The van der Waals surface area contributed by atoms with Crippen LogP contribution < -0.4 is 10.1 Å². The van der Waals surface area contributed by atoms with Crippen LogP contribution in [0.3, 0.4) is 0 Å². The third kappa shape index (κ3) is 7.34. The molecule has 1 saturated heterocycles. The lowest BCUT2D eigenvalue weighted by Crippen LogP contribution is -2.46. The monoisotopic (exact) mass is 464 g/mol. The molecule has 1 N–H and O–H groups in total. The van der Waals surface area contributed by atoms with Crippen molar-refractivity contribution in [2.75, 3.05) is 26.2 Å². The van der Waals surface area contributed by atoms with E-state index in [1.807, 2.05) is 61.2 Å². The molecular weight excluding hydrogens is 436 g/mol. The second-order valence-electron chi connectivity index (χ2n) is 7.38. The van der Waals surface area contributed by atoms with Crippen LogP contribution in [-0.2, 0) is 6.61 Å². The minimum atomic E-state index is -4.21. The molecule has 30 heavy (non-hydrogen) atoms. The zero-order valence-corrected chi connectivity index (χ0v) is 18.8. The molecule has 1 fully saturated rings. The van der Waals surface area contributed by atoms with E-state index in [0.29, 0.717) is 38.3 Å². The van der Waals surface area contributed by atoms with Gasteiger partial charge in [0.2, 0.25) is 0 Å². The van der Waals surface area contributed by atoms with Gasteiger partial charge in [0.15, 0.2) is 0 Å². The summed E-state index contributed by atoms with van der Waals surface area (Å²) in [5, 5.41) is 3.21. The van der Waals surface area contributed by atoms with Crippen molar-refractivity contribution in [1.29, 1.82) is 0 Å². The number of alkyl halides is 3. The van der Waals surface area contributed by atoms with E-state index in [1.54, 1.807) is 0 Å². The van der Waals surface area contributed by atoms with Crippen molar-refractivity contribution in [3.63, 3.8) is 0 Å². The normalized spacial score (nSPS) is 15.6. The smallest absolute Gasteiger partial charge is 0.390 e. The summed E-state index contributed by atoms with van der Waals surface area (Å²) in [5.41, 5.74) is 3.50. The van der Waals surface area contributed by atoms with E-state index in [2.05, 4.69) is 5.32 Å². The minimum absolute atomic E-state index is 0. The molecule has 2 aromatic carbocycles. The maximum Gasteiger partial charge on any atom is 0.390 e. The largest absolute Gasteiger partial charge is 0.488 e. The average Bonchev–Trinajstić information content (AvgIpc) is 2.66. The highest BCUT2D eigenvalue weighted by Gasteiger charge is 2.36. The highest BCUT2D eigenvalue weighted by atomic mass is 35.5. The number of rotatable bonds is 6. The predicted octanol–water partition coefficient (Wildman–Crippen LogP) is 5.62. The summed E-state index contributed by atoms with van der Waals surface area (Å²) in [5.74, 6) is 0.749. The van der Waals surface area contributed by atoms with Gasteiger partial charge in [0, 0.05) is 32.2 Å². The van der Waals surface area contributed by atoms with E-state index in [0.717, 1.165) is 22.4 Å². The van der Waals surface area contributed by atoms with Crippen LogP contribution in [0.2, 0.25) is 0 Å². The Morgan fingerprint density at radius 1 is 1.00 bits per heavy atom. The van der Waals surface area contributed by atoms with E-state index in [9.17, 15) is 13.2 Å². The molecule has 3 nitrogen and oxygen atoms in total. The highest BCUT2D eigenvalue weighted by Crippen LogP contribution is 2.37. The van der Waals surface area contributed by atoms with Gasteiger partial charge in [-0.3, -0.25) is 4.90 Å². The molecule has 1 heterocycles. The van der Waals surface area contributed by atoms with Crippen LogP contribution in [0.25, 0.3) is 0 Å². The van der Waals surface area contributed by atoms with Crippen LogP contribution in [0.5, 0.6) is 5.75 Å². The molecule has 0 saturated carbocycles. The van der Waals surface area contributed by atoms with Gasteiger partial charge in [0.25, 0.3) is 0 Å². The van der Waals surface area contributed by atoms with Gasteiger partial charge in [-0.15, -0.1) is 24.8 Å². The van der Waals surface area contributed by atoms with Crippen molar-refractivity contribution < 1.29 is 17.9 Å². The van der Waals surface area contributed by atoms with Gasteiger partial charge in [-0.05, 0) is 36.1 Å². The quantitative estimate of drug-likeness (QED) is 0.599. The van der Waals surface area contributed by atoms with Crippen LogP contribution in [0.15, 0.2) is 42.5 Å². The molecule has 0 spiro atoms. The average molecular weight is 465 g/mol. The maximum absolute atomic E-state index is 13.3. The first-order chi connectivity index (χ1) is 13.3. The fraction of sp³-hybridized carbons (Fsp3) is 0.455. The Balaban J connectivity index is 0.00000225. The Bertz CT molecular complexity index is 759. The van der Waals surface area contributed by atoms with E-state index < -0.39 is 18.6 Å². The number of benzene rings is 2. The number of nitrogens with zero attached hydrogens (tertiary/aromatic N) is 1. The molecule has 0 amide bonds. The number of halogens is 5. The summed E-state index contributed by atoms with van der Waals surface area (Å²) in [7, 11) is 0. The predicted molar refractivity (Wildman–Crippen MR) is 119 cm³/mol. The van der Waals surface area contributed by atoms with Crippen LogP contribution in [0.4, 0.5) is 13.2 Å². The van der Waals surface area contributed by atoms with Crippen LogP contribution in [0, 0.1) is 13.8 Å². The minimum Gasteiger partial charge on any atom is -0.488 e. The van der Waals surface area contributed by atoms with Crippen molar-refractivity contribution in [1.82, 2.24) is 10.2 Å². The first-order valence-electron chi connectivity index (χ1n) is 9.63. The number of aryl methyl sites for hydroxylation is 2. The molecule has 0 radical (unpaired) electrons. The molecule has 0 unspecified atom stereocenters. The fourth-order valence-corrected chi connectivity index (χ4v) is 3.80. The first kappa shape index (κ1) is 26.6. The molecule has 168 valence electrons. The van der Waals surface area contributed by atoms with E-state index in [1.165, 1.54) is 0 Å². The Hall–Kier alpha value is -1.47. The topological polar surface area (TPSA) is 24.5 Å². The summed E-state index contributed by atoms with van der Waals surface area (Å²) in [6.45, 7) is 6.90. The van der Waals surface area contributed by atoms with Gasteiger partial charge >= 0.3 is 6.18 Å². The summed E-state index contributed by atoms with van der Waals surface area (Å²) < 4.78 is 45.8. The van der Waals surface area contributed by atoms with E-state index in [4.69, 9.17) is 4.74 Å². The lowest BCUT2D eigenvalue weighted by molar-refractivity contribution is -0.148. The van der Waals surface area contributed by atoms with Gasteiger partial charge in [-0.2, -0.15) is 13.2 Å². The zero-order valence-electron chi connectivity index (χ0n) is 17.2. The summed E-state index contributed by atoms with van der Waals surface area (Å²) in [6, 6.07) is 12.9. The van der Waals surface area contributed by atoms with Crippen molar-refractivity contribution in [3.05, 3.63) is 64.7 Å². The number of hydrogen-bond acceptors (Lipinski definition) is 3. The number of hydrogen-bond donors (Lipinski definition) is 1. The summed E-state index contributed by atoms with van der Waals surface area (Å²) in [4.78, 5) is 1.93. The molecule has 0 bridgehead atoms. The highest BCUT2D eigenvalue weighted by molar-refractivity contribution is 5.85. The molecule has 2 aromatic rings. The van der Waals surface area contributed by atoms with Crippen LogP contribution in [-0.4, -0.2) is 37.3 Å². The van der Waals surface area contributed by atoms with Crippen molar-refractivity contribution >= 4 is 24.8 Å². The SMILES string of the molecule is Cc1cc([C@@H](CC(F)(F)F)N2CCNCC2)cc(C)c1OCc1ccccc1.Cl.Cl. The van der Waals surface area contributed by atoms with Crippen LogP contribution in [0.1, 0.15) is 34.7 Å². The van der Waals surface area contributed by atoms with E-state index >= 15 is 0 Å². The Labute approximate surface area is 188 Å². The van der Waals surface area contributed by atoms with Crippen molar-refractivity contribution in [2.24, 2.45) is 0 Å². The number of piperazine rings is 1. The zero-order chi connectivity index (χ0) is 20.1. The van der Waals surface area contributed by atoms with Crippen molar-refractivity contribution in [2.45, 2.75) is 39.1 Å². The standard InChI is InChI=1S/C22H27F3N2O.2ClH/c1-16-12-19(20(14-22(23,24)25)27-10-8-26-9-11-27)13-17(2)21(16)28-15-18-6-4-3-5-7-18;;/h3-7,12-13,20,26H,8-11,14-15H2,1-2H3;2*1H/t20-;;/m1../s1. The molecule has 3 rings (SSSR count). The second kappa shape index (κ2) is 11.8. The summed E-state index contributed by atoms with van der Waals surface area (Å²) >= 11 is 0. The van der Waals surface area contributed by atoms with Gasteiger partial charge in [0.1, 0.15) is 12.4 Å². The van der Waals surface area contributed by atoms with Crippen LogP contribution >= 0.6 is 24.8 Å². The Morgan fingerprint density at radius 2 is 1.57 bits per heavy atom. The second-order valence-corrected chi connectivity index (χ2v) is 7.38. The molecule has 1 aliphatic rings. The number of ether oxygens (including phenoxy) is 1.